The molecule has 5 rings (SSSR count). The molecular weight excluding hydrogens is 465 g/mol. The minimum absolute atomic E-state index is 0.0986. The van der Waals surface area contributed by atoms with Crippen LogP contribution in [0.5, 0.6) is 0 Å². The van der Waals surface area contributed by atoms with Crippen molar-refractivity contribution in [2.45, 2.75) is 32.9 Å². The zero-order chi connectivity index (χ0) is 24.7. The lowest BCUT2D eigenvalue weighted by molar-refractivity contribution is -0.137. The number of carbonyl (C=O) groups excluding carboxylic acids is 3. The Labute approximate surface area is 205 Å². The third-order valence-corrected chi connectivity index (χ3v) is 7.15. The standard InChI is InChI=1S/C27H22FN3O3S/c1-16-3-12-22-24(13-16)35-26(29-22)19-6-10-21(11-7-19)31-25(33)14-23(27(31)34)30(17(2)32)15-18-4-8-20(28)9-5-18/h3-13,23H,14-15H2,1-2H3. The first-order valence-electron chi connectivity index (χ1n) is 11.2. The topological polar surface area (TPSA) is 70.6 Å². The molecule has 2 heterocycles. The third kappa shape index (κ3) is 4.44. The second kappa shape index (κ2) is 9.03. The molecule has 1 aliphatic rings. The highest BCUT2D eigenvalue weighted by molar-refractivity contribution is 7.21. The van der Waals surface area contributed by atoms with Crippen molar-refractivity contribution in [1.82, 2.24) is 9.88 Å². The van der Waals surface area contributed by atoms with E-state index in [0.29, 0.717) is 11.3 Å². The molecule has 176 valence electrons. The van der Waals surface area contributed by atoms with E-state index in [1.54, 1.807) is 35.6 Å². The molecule has 0 radical (unpaired) electrons. The maximum absolute atomic E-state index is 13.3. The van der Waals surface area contributed by atoms with Crippen LogP contribution in [-0.2, 0) is 20.9 Å². The Morgan fingerprint density at radius 3 is 2.49 bits per heavy atom. The fraction of sp³-hybridized carbons (Fsp3) is 0.185. The van der Waals surface area contributed by atoms with Crippen molar-refractivity contribution in [3.8, 4) is 10.6 Å². The van der Waals surface area contributed by atoms with Gasteiger partial charge in [-0.25, -0.2) is 14.3 Å². The van der Waals surface area contributed by atoms with E-state index in [2.05, 4.69) is 11.1 Å². The molecule has 0 aliphatic carbocycles. The van der Waals surface area contributed by atoms with Crippen LogP contribution >= 0.6 is 11.3 Å². The molecule has 3 aromatic carbocycles. The number of amides is 3. The summed E-state index contributed by atoms with van der Waals surface area (Å²) in [4.78, 5) is 45.6. The number of fused-ring (bicyclic) bond motifs is 1. The van der Waals surface area contributed by atoms with Crippen LogP contribution in [0.15, 0.2) is 66.7 Å². The van der Waals surface area contributed by atoms with Gasteiger partial charge in [-0.1, -0.05) is 18.2 Å². The van der Waals surface area contributed by atoms with E-state index in [4.69, 9.17) is 0 Å². The SMILES string of the molecule is CC(=O)N(Cc1ccc(F)cc1)C1CC(=O)N(c2ccc(-c3nc4ccc(C)cc4s3)cc2)C1=O. The van der Waals surface area contributed by atoms with Crippen LogP contribution in [-0.4, -0.2) is 33.6 Å². The lowest BCUT2D eigenvalue weighted by atomic mass is 10.1. The summed E-state index contributed by atoms with van der Waals surface area (Å²) in [6, 6.07) is 18.1. The predicted octanol–water partition coefficient (Wildman–Crippen LogP) is 5.09. The fourth-order valence-electron chi connectivity index (χ4n) is 4.27. The van der Waals surface area contributed by atoms with E-state index < -0.39 is 11.9 Å². The van der Waals surface area contributed by atoms with Crippen molar-refractivity contribution < 1.29 is 18.8 Å². The molecule has 35 heavy (non-hydrogen) atoms. The third-order valence-electron chi connectivity index (χ3n) is 6.09. The lowest BCUT2D eigenvalue weighted by Gasteiger charge is -2.26. The highest BCUT2D eigenvalue weighted by Gasteiger charge is 2.43. The van der Waals surface area contributed by atoms with Crippen LogP contribution in [0.2, 0.25) is 0 Å². The molecule has 0 saturated carbocycles. The van der Waals surface area contributed by atoms with E-state index in [-0.39, 0.29) is 30.6 Å². The number of hydrogen-bond donors (Lipinski definition) is 0. The van der Waals surface area contributed by atoms with Gasteiger partial charge in [0.2, 0.25) is 11.8 Å². The lowest BCUT2D eigenvalue weighted by Crippen LogP contribution is -2.44. The summed E-state index contributed by atoms with van der Waals surface area (Å²) in [6.45, 7) is 3.51. The van der Waals surface area contributed by atoms with Crippen LogP contribution in [0.1, 0.15) is 24.5 Å². The van der Waals surface area contributed by atoms with Crippen LogP contribution in [0, 0.1) is 12.7 Å². The molecule has 0 spiro atoms. The van der Waals surface area contributed by atoms with Crippen molar-refractivity contribution in [3.05, 3.63) is 83.7 Å². The van der Waals surface area contributed by atoms with E-state index in [1.165, 1.54) is 29.5 Å². The van der Waals surface area contributed by atoms with Gasteiger partial charge < -0.3 is 4.90 Å². The normalized spacial score (nSPS) is 15.7. The van der Waals surface area contributed by atoms with Gasteiger partial charge in [0.25, 0.3) is 5.91 Å². The van der Waals surface area contributed by atoms with Crippen molar-refractivity contribution >= 4 is 45.0 Å². The zero-order valence-electron chi connectivity index (χ0n) is 19.2. The zero-order valence-corrected chi connectivity index (χ0v) is 20.0. The quantitative estimate of drug-likeness (QED) is 0.368. The maximum Gasteiger partial charge on any atom is 0.257 e. The number of hydrogen-bond acceptors (Lipinski definition) is 5. The summed E-state index contributed by atoms with van der Waals surface area (Å²) in [6.07, 6.45) is -0.0986. The number of carbonyl (C=O) groups is 3. The number of aromatic nitrogens is 1. The van der Waals surface area contributed by atoms with Gasteiger partial charge in [-0.3, -0.25) is 14.4 Å². The number of benzene rings is 3. The molecule has 0 N–H and O–H groups in total. The molecule has 1 fully saturated rings. The Morgan fingerprint density at radius 1 is 1.09 bits per heavy atom. The van der Waals surface area contributed by atoms with E-state index in [1.807, 2.05) is 31.2 Å². The minimum atomic E-state index is -0.905. The molecule has 6 nitrogen and oxygen atoms in total. The van der Waals surface area contributed by atoms with Gasteiger partial charge >= 0.3 is 0 Å². The van der Waals surface area contributed by atoms with Gasteiger partial charge in [-0.15, -0.1) is 11.3 Å². The highest BCUT2D eigenvalue weighted by atomic mass is 32.1. The smallest absolute Gasteiger partial charge is 0.257 e. The molecule has 8 heteroatoms. The average Bonchev–Trinajstić information content (AvgIpc) is 3.38. The summed E-state index contributed by atoms with van der Waals surface area (Å²) >= 11 is 1.59. The van der Waals surface area contributed by atoms with Crippen molar-refractivity contribution in [1.29, 1.82) is 0 Å². The summed E-state index contributed by atoms with van der Waals surface area (Å²) in [7, 11) is 0. The highest BCUT2D eigenvalue weighted by Crippen LogP contribution is 2.33. The second-order valence-corrected chi connectivity index (χ2v) is 9.63. The van der Waals surface area contributed by atoms with E-state index in [9.17, 15) is 18.8 Å². The molecular formula is C27H22FN3O3S. The van der Waals surface area contributed by atoms with E-state index in [0.717, 1.165) is 25.7 Å². The van der Waals surface area contributed by atoms with Crippen LogP contribution < -0.4 is 4.90 Å². The Hall–Kier alpha value is -3.91. The van der Waals surface area contributed by atoms with Crippen molar-refractivity contribution in [2.75, 3.05) is 4.90 Å². The minimum Gasteiger partial charge on any atom is -0.326 e. The molecule has 1 atom stereocenters. The Morgan fingerprint density at radius 2 is 1.80 bits per heavy atom. The predicted molar refractivity (Wildman–Crippen MR) is 133 cm³/mol. The summed E-state index contributed by atoms with van der Waals surface area (Å²) < 4.78 is 14.4. The number of nitrogens with zero attached hydrogens (tertiary/aromatic N) is 3. The number of aryl methyl sites for hydroxylation is 1. The van der Waals surface area contributed by atoms with Gasteiger partial charge in [0.1, 0.15) is 16.9 Å². The molecule has 0 bridgehead atoms. The average molecular weight is 488 g/mol. The summed E-state index contributed by atoms with van der Waals surface area (Å²) in [5.74, 6) is -1.53. The van der Waals surface area contributed by atoms with Gasteiger partial charge in [0, 0.05) is 19.0 Å². The number of anilines is 1. The Balaban J connectivity index is 1.37. The maximum atomic E-state index is 13.3. The fourth-order valence-corrected chi connectivity index (χ4v) is 5.34. The van der Waals surface area contributed by atoms with Crippen molar-refractivity contribution in [2.24, 2.45) is 0 Å². The number of halogens is 1. The molecule has 1 unspecified atom stereocenters. The first-order valence-corrected chi connectivity index (χ1v) is 12.0. The van der Waals surface area contributed by atoms with Gasteiger partial charge in [-0.05, 0) is 66.6 Å². The number of imide groups is 1. The second-order valence-electron chi connectivity index (χ2n) is 8.60. The summed E-state index contributed by atoms with van der Waals surface area (Å²) in [5, 5.41) is 0.858. The van der Waals surface area contributed by atoms with Crippen LogP contribution in [0.25, 0.3) is 20.8 Å². The Kier molecular flexibility index (Phi) is 5.90. The van der Waals surface area contributed by atoms with E-state index >= 15 is 0 Å². The number of rotatable bonds is 5. The number of thiazole rings is 1. The first-order chi connectivity index (χ1) is 16.8. The molecule has 4 aromatic rings. The largest absolute Gasteiger partial charge is 0.326 e. The monoisotopic (exact) mass is 487 g/mol. The molecule has 1 aromatic heterocycles. The molecule has 3 amide bonds. The van der Waals surface area contributed by atoms with Gasteiger partial charge in [-0.2, -0.15) is 0 Å². The van der Waals surface area contributed by atoms with Crippen LogP contribution in [0.4, 0.5) is 10.1 Å². The van der Waals surface area contributed by atoms with Gasteiger partial charge in [0.05, 0.1) is 22.3 Å². The Bertz CT molecular complexity index is 1450. The van der Waals surface area contributed by atoms with Crippen molar-refractivity contribution in [3.63, 3.8) is 0 Å². The van der Waals surface area contributed by atoms with Gasteiger partial charge in [0.15, 0.2) is 0 Å². The first kappa shape index (κ1) is 22.9. The summed E-state index contributed by atoms with van der Waals surface area (Å²) in [5.41, 5.74) is 4.12. The molecule has 1 aliphatic heterocycles. The van der Waals surface area contributed by atoms with Crippen LogP contribution in [0.3, 0.4) is 0 Å². The molecule has 1 saturated heterocycles.